The molecule has 0 aliphatic heterocycles. The Morgan fingerprint density at radius 1 is 0.943 bits per heavy atom. The zero-order chi connectivity index (χ0) is 24.8. The molecule has 2 aromatic carbocycles. The summed E-state index contributed by atoms with van der Waals surface area (Å²) >= 11 is 1.55. The minimum atomic E-state index is -0.288. The molecule has 0 bridgehead atoms. The van der Waals surface area contributed by atoms with Gasteiger partial charge in [0.2, 0.25) is 5.75 Å². The molecule has 186 valence electrons. The normalized spacial score (nSPS) is 13.8. The van der Waals surface area contributed by atoms with Gasteiger partial charge in [-0.1, -0.05) is 32.1 Å². The first kappa shape index (κ1) is 24.9. The van der Waals surface area contributed by atoms with Gasteiger partial charge in [0.1, 0.15) is 5.75 Å². The van der Waals surface area contributed by atoms with Crippen molar-refractivity contribution >= 4 is 22.4 Å². The number of methoxy groups -OCH3 is 4. The topological polar surface area (TPSA) is 78.9 Å². The number of amides is 1. The van der Waals surface area contributed by atoms with Gasteiger partial charge in [-0.15, -0.1) is 11.3 Å². The molecule has 3 aromatic rings. The standard InChI is InChI=1S/C27H32N2O5S/c1-31-20-12-10-18(11-13-20)24-23(14-17-8-6-5-7-9-17)35-27(28-24)29-26(30)19-15-21(32-2)25(34-4)22(16-19)33-3/h10-13,15-17H,5-9,14H2,1-4H3,(H,28,29,30). The summed E-state index contributed by atoms with van der Waals surface area (Å²) in [4.78, 5) is 19.2. The molecular formula is C27H32N2O5S. The van der Waals surface area contributed by atoms with Gasteiger partial charge in [-0.05, 0) is 48.7 Å². The lowest BCUT2D eigenvalue weighted by molar-refractivity contribution is 0.102. The molecule has 35 heavy (non-hydrogen) atoms. The molecule has 8 heteroatoms. The Hall–Kier alpha value is -3.26. The van der Waals surface area contributed by atoms with Gasteiger partial charge in [0.25, 0.3) is 5.91 Å². The number of nitrogens with zero attached hydrogens (tertiary/aromatic N) is 1. The Kier molecular flexibility index (Phi) is 8.13. The summed E-state index contributed by atoms with van der Waals surface area (Å²) in [5.41, 5.74) is 2.33. The summed E-state index contributed by atoms with van der Waals surface area (Å²) in [5, 5.41) is 3.55. The third-order valence-electron chi connectivity index (χ3n) is 6.41. The fourth-order valence-electron chi connectivity index (χ4n) is 4.55. The third kappa shape index (κ3) is 5.70. The van der Waals surface area contributed by atoms with Gasteiger partial charge in [-0.25, -0.2) is 4.98 Å². The van der Waals surface area contributed by atoms with Crippen molar-refractivity contribution in [2.45, 2.75) is 38.5 Å². The summed E-state index contributed by atoms with van der Waals surface area (Å²) in [7, 11) is 6.24. The zero-order valence-corrected chi connectivity index (χ0v) is 21.5. The molecule has 0 atom stereocenters. The number of anilines is 1. The minimum Gasteiger partial charge on any atom is -0.497 e. The first-order chi connectivity index (χ1) is 17.1. The van der Waals surface area contributed by atoms with Crippen LogP contribution < -0.4 is 24.3 Å². The second-order valence-electron chi connectivity index (χ2n) is 8.60. The average Bonchev–Trinajstić information content (AvgIpc) is 3.29. The molecule has 1 fully saturated rings. The van der Waals surface area contributed by atoms with Gasteiger partial charge >= 0.3 is 0 Å². The number of rotatable bonds is 9. The van der Waals surface area contributed by atoms with Crippen LogP contribution in [-0.2, 0) is 6.42 Å². The minimum absolute atomic E-state index is 0.288. The Balaban J connectivity index is 1.63. The Bertz CT molecular complexity index is 1130. The zero-order valence-electron chi connectivity index (χ0n) is 20.7. The van der Waals surface area contributed by atoms with E-state index in [9.17, 15) is 4.79 Å². The quantitative estimate of drug-likeness (QED) is 0.379. The number of hydrogen-bond donors (Lipinski definition) is 1. The third-order valence-corrected chi connectivity index (χ3v) is 7.40. The van der Waals surface area contributed by atoms with Crippen LogP contribution >= 0.6 is 11.3 Å². The van der Waals surface area contributed by atoms with Crippen LogP contribution in [0.5, 0.6) is 23.0 Å². The van der Waals surface area contributed by atoms with E-state index >= 15 is 0 Å². The van der Waals surface area contributed by atoms with E-state index in [4.69, 9.17) is 23.9 Å². The Morgan fingerprint density at radius 2 is 1.60 bits per heavy atom. The molecule has 1 aromatic heterocycles. The number of aromatic nitrogens is 1. The van der Waals surface area contributed by atoms with Crippen molar-refractivity contribution < 1.29 is 23.7 Å². The second kappa shape index (κ2) is 11.4. The fourth-order valence-corrected chi connectivity index (χ4v) is 5.65. The van der Waals surface area contributed by atoms with Crippen LogP contribution in [0.1, 0.15) is 47.3 Å². The van der Waals surface area contributed by atoms with E-state index in [1.807, 2.05) is 24.3 Å². The van der Waals surface area contributed by atoms with Crippen LogP contribution in [0.2, 0.25) is 0 Å². The summed E-state index contributed by atoms with van der Waals surface area (Å²) in [5.74, 6) is 2.45. The number of hydrogen-bond acceptors (Lipinski definition) is 7. The Morgan fingerprint density at radius 3 is 2.17 bits per heavy atom. The Labute approximate surface area is 210 Å². The van der Waals surface area contributed by atoms with E-state index in [1.165, 1.54) is 58.3 Å². The van der Waals surface area contributed by atoms with E-state index in [1.54, 1.807) is 30.6 Å². The summed E-state index contributed by atoms with van der Waals surface area (Å²) in [6.45, 7) is 0. The van der Waals surface area contributed by atoms with Crippen LogP contribution in [0.3, 0.4) is 0 Å². The second-order valence-corrected chi connectivity index (χ2v) is 9.68. The molecule has 0 unspecified atom stereocenters. The van der Waals surface area contributed by atoms with Crippen molar-refractivity contribution in [3.8, 4) is 34.3 Å². The van der Waals surface area contributed by atoms with Gasteiger partial charge in [0.05, 0.1) is 34.1 Å². The maximum atomic E-state index is 13.2. The van der Waals surface area contributed by atoms with Crippen LogP contribution in [-0.4, -0.2) is 39.3 Å². The van der Waals surface area contributed by atoms with Gasteiger partial charge in [-0.3, -0.25) is 10.1 Å². The summed E-state index contributed by atoms with van der Waals surface area (Å²) in [6, 6.07) is 11.2. The van der Waals surface area contributed by atoms with E-state index in [0.29, 0.717) is 33.9 Å². The smallest absolute Gasteiger partial charge is 0.257 e. The highest BCUT2D eigenvalue weighted by atomic mass is 32.1. The van der Waals surface area contributed by atoms with Crippen molar-refractivity contribution in [3.05, 3.63) is 46.8 Å². The molecule has 0 radical (unpaired) electrons. The monoisotopic (exact) mass is 496 g/mol. The lowest BCUT2D eigenvalue weighted by atomic mass is 9.86. The largest absolute Gasteiger partial charge is 0.497 e. The number of nitrogens with one attached hydrogen (secondary N) is 1. The molecule has 0 spiro atoms. The molecule has 1 N–H and O–H groups in total. The van der Waals surface area contributed by atoms with Crippen LogP contribution in [0.4, 0.5) is 5.13 Å². The van der Waals surface area contributed by atoms with E-state index in [0.717, 1.165) is 23.4 Å². The molecular weight excluding hydrogens is 464 g/mol. The van der Waals surface area contributed by atoms with Crippen LogP contribution in [0, 0.1) is 5.92 Å². The maximum Gasteiger partial charge on any atom is 0.257 e. The number of thiazole rings is 1. The van der Waals surface area contributed by atoms with Gasteiger partial charge < -0.3 is 18.9 Å². The average molecular weight is 497 g/mol. The number of carbonyl (C=O) groups is 1. The molecule has 4 rings (SSSR count). The van der Waals surface area contributed by atoms with Gasteiger partial charge in [0, 0.05) is 16.0 Å². The number of benzene rings is 2. The van der Waals surface area contributed by atoms with Crippen molar-refractivity contribution in [2.75, 3.05) is 33.8 Å². The van der Waals surface area contributed by atoms with Gasteiger partial charge in [-0.2, -0.15) is 0 Å². The van der Waals surface area contributed by atoms with Crippen molar-refractivity contribution in [1.29, 1.82) is 0 Å². The maximum absolute atomic E-state index is 13.2. The van der Waals surface area contributed by atoms with Crippen molar-refractivity contribution in [2.24, 2.45) is 5.92 Å². The van der Waals surface area contributed by atoms with Gasteiger partial charge in [0.15, 0.2) is 16.6 Å². The molecule has 1 heterocycles. The lowest BCUT2D eigenvalue weighted by Gasteiger charge is -2.21. The van der Waals surface area contributed by atoms with E-state index < -0.39 is 0 Å². The summed E-state index contributed by atoms with van der Waals surface area (Å²) in [6.07, 6.45) is 7.35. The fraction of sp³-hybridized carbons (Fsp3) is 0.407. The first-order valence-electron chi connectivity index (χ1n) is 11.8. The highest BCUT2D eigenvalue weighted by molar-refractivity contribution is 7.16. The number of carbonyl (C=O) groups excluding carboxylic acids is 1. The number of ether oxygens (including phenoxy) is 4. The first-order valence-corrected chi connectivity index (χ1v) is 12.6. The molecule has 7 nitrogen and oxygen atoms in total. The summed E-state index contributed by atoms with van der Waals surface area (Å²) < 4.78 is 21.5. The predicted octanol–water partition coefficient (Wildman–Crippen LogP) is 6.22. The SMILES string of the molecule is COc1ccc(-c2nc(NC(=O)c3cc(OC)c(OC)c(OC)c3)sc2CC2CCCCC2)cc1. The van der Waals surface area contributed by atoms with Crippen molar-refractivity contribution in [3.63, 3.8) is 0 Å². The van der Waals surface area contributed by atoms with Crippen molar-refractivity contribution in [1.82, 2.24) is 4.98 Å². The molecule has 0 saturated heterocycles. The van der Waals surface area contributed by atoms with Crippen LogP contribution in [0.15, 0.2) is 36.4 Å². The predicted molar refractivity (Wildman–Crippen MR) is 138 cm³/mol. The lowest BCUT2D eigenvalue weighted by Crippen LogP contribution is -2.12. The molecule has 1 saturated carbocycles. The van der Waals surface area contributed by atoms with Crippen LogP contribution in [0.25, 0.3) is 11.3 Å². The molecule has 1 aliphatic rings. The van der Waals surface area contributed by atoms with E-state index in [-0.39, 0.29) is 5.91 Å². The highest BCUT2D eigenvalue weighted by Gasteiger charge is 2.22. The van der Waals surface area contributed by atoms with E-state index in [2.05, 4.69) is 5.32 Å². The molecule has 1 amide bonds. The molecule has 1 aliphatic carbocycles. The highest BCUT2D eigenvalue weighted by Crippen LogP contribution is 2.39.